The summed E-state index contributed by atoms with van der Waals surface area (Å²) in [5, 5.41) is 8.54. The van der Waals surface area contributed by atoms with Gasteiger partial charge in [0.1, 0.15) is 0 Å². The first kappa shape index (κ1) is 18.2. The number of hydrogen-bond donors (Lipinski definition) is 0. The largest absolute Gasteiger partial charge is 0.372 e. The van der Waals surface area contributed by atoms with E-state index in [1.54, 1.807) is 11.9 Å². The number of benzene rings is 2. The molecule has 0 unspecified atom stereocenters. The zero-order valence-corrected chi connectivity index (χ0v) is 16.2. The highest BCUT2D eigenvalue weighted by molar-refractivity contribution is 5.91. The van der Waals surface area contributed by atoms with E-state index in [1.807, 2.05) is 30.3 Å². The molecular formula is C22H25N5O. The molecule has 0 atom stereocenters. The fourth-order valence-corrected chi connectivity index (χ4v) is 3.55. The van der Waals surface area contributed by atoms with Gasteiger partial charge in [-0.1, -0.05) is 30.3 Å². The predicted molar refractivity (Wildman–Crippen MR) is 110 cm³/mol. The molecule has 3 aromatic rings. The molecule has 1 aliphatic heterocycles. The average molecular weight is 375 g/mol. The van der Waals surface area contributed by atoms with Crippen molar-refractivity contribution in [3.8, 4) is 5.69 Å². The van der Waals surface area contributed by atoms with E-state index in [0.29, 0.717) is 12.2 Å². The molecule has 2 heterocycles. The van der Waals surface area contributed by atoms with Crippen molar-refractivity contribution in [3.05, 3.63) is 72.1 Å². The van der Waals surface area contributed by atoms with Gasteiger partial charge < -0.3 is 9.80 Å². The standard InChI is InChI=1S/C22H25N5O/c1-25(17-18-10-12-19(13-11-18)26-14-6-3-7-15-26)22(28)21-16-23-27(24-21)20-8-4-2-5-9-20/h2,4-5,8-13,16H,3,6-7,14-15,17H2,1H3. The lowest BCUT2D eigenvalue weighted by Gasteiger charge is -2.29. The maximum Gasteiger partial charge on any atom is 0.276 e. The van der Waals surface area contributed by atoms with Gasteiger partial charge in [-0.3, -0.25) is 4.79 Å². The number of aromatic nitrogens is 3. The Morgan fingerprint density at radius 3 is 2.39 bits per heavy atom. The fraction of sp³-hybridized carbons (Fsp3) is 0.318. The van der Waals surface area contributed by atoms with Crippen LogP contribution in [0.25, 0.3) is 5.69 Å². The summed E-state index contributed by atoms with van der Waals surface area (Å²) >= 11 is 0. The highest BCUT2D eigenvalue weighted by Gasteiger charge is 2.17. The molecule has 0 spiro atoms. The molecule has 1 amide bonds. The summed E-state index contributed by atoms with van der Waals surface area (Å²) in [5.41, 5.74) is 3.55. The van der Waals surface area contributed by atoms with Crippen LogP contribution in [-0.2, 0) is 6.54 Å². The van der Waals surface area contributed by atoms with Gasteiger partial charge in [0.15, 0.2) is 5.69 Å². The summed E-state index contributed by atoms with van der Waals surface area (Å²) in [6.45, 7) is 2.81. The summed E-state index contributed by atoms with van der Waals surface area (Å²) in [6, 6.07) is 18.1. The number of carbonyl (C=O) groups is 1. The van der Waals surface area contributed by atoms with Crippen LogP contribution in [0.2, 0.25) is 0 Å². The van der Waals surface area contributed by atoms with E-state index in [9.17, 15) is 4.79 Å². The third-order valence-corrected chi connectivity index (χ3v) is 5.12. The van der Waals surface area contributed by atoms with Crippen molar-refractivity contribution in [2.45, 2.75) is 25.8 Å². The number of para-hydroxylation sites is 1. The highest BCUT2D eigenvalue weighted by Crippen LogP contribution is 2.20. The lowest BCUT2D eigenvalue weighted by Crippen LogP contribution is -2.29. The minimum atomic E-state index is -0.137. The molecular weight excluding hydrogens is 350 g/mol. The Bertz CT molecular complexity index is 914. The van der Waals surface area contributed by atoms with Gasteiger partial charge in [-0.25, -0.2) is 0 Å². The molecule has 0 aliphatic carbocycles. The number of carbonyl (C=O) groups excluding carboxylic acids is 1. The van der Waals surface area contributed by atoms with E-state index < -0.39 is 0 Å². The number of nitrogens with zero attached hydrogens (tertiary/aromatic N) is 5. The molecule has 1 saturated heterocycles. The molecule has 2 aromatic carbocycles. The van der Waals surface area contributed by atoms with Crippen LogP contribution in [0.1, 0.15) is 35.3 Å². The molecule has 144 valence electrons. The first-order valence-electron chi connectivity index (χ1n) is 9.78. The topological polar surface area (TPSA) is 54.3 Å². The minimum Gasteiger partial charge on any atom is -0.372 e. The van der Waals surface area contributed by atoms with Crippen molar-refractivity contribution in [2.75, 3.05) is 25.0 Å². The van der Waals surface area contributed by atoms with E-state index in [1.165, 1.54) is 35.9 Å². The van der Waals surface area contributed by atoms with Crippen molar-refractivity contribution >= 4 is 11.6 Å². The second-order valence-electron chi connectivity index (χ2n) is 7.23. The summed E-state index contributed by atoms with van der Waals surface area (Å²) in [5.74, 6) is -0.137. The lowest BCUT2D eigenvalue weighted by atomic mass is 10.1. The van der Waals surface area contributed by atoms with Crippen molar-refractivity contribution in [2.24, 2.45) is 0 Å². The molecule has 1 aliphatic rings. The van der Waals surface area contributed by atoms with E-state index in [-0.39, 0.29) is 5.91 Å². The number of hydrogen-bond acceptors (Lipinski definition) is 4. The van der Waals surface area contributed by atoms with Crippen LogP contribution < -0.4 is 4.90 Å². The molecule has 6 heteroatoms. The number of rotatable bonds is 5. The zero-order chi connectivity index (χ0) is 19.3. The van der Waals surface area contributed by atoms with Crippen LogP contribution in [0, 0.1) is 0 Å². The number of piperidine rings is 1. The van der Waals surface area contributed by atoms with Gasteiger partial charge in [0.05, 0.1) is 11.9 Å². The SMILES string of the molecule is CN(Cc1ccc(N2CCCCC2)cc1)C(=O)c1cnn(-c2ccccc2)n1. The monoisotopic (exact) mass is 375 g/mol. The van der Waals surface area contributed by atoms with Crippen LogP contribution in [0.3, 0.4) is 0 Å². The van der Waals surface area contributed by atoms with Gasteiger partial charge in [0.2, 0.25) is 0 Å². The van der Waals surface area contributed by atoms with Crippen molar-refractivity contribution in [1.29, 1.82) is 0 Å². The molecule has 0 bridgehead atoms. The zero-order valence-electron chi connectivity index (χ0n) is 16.2. The van der Waals surface area contributed by atoms with Crippen LogP contribution in [0.4, 0.5) is 5.69 Å². The molecule has 1 fully saturated rings. The predicted octanol–water partition coefficient (Wildman–Crippen LogP) is 3.53. The summed E-state index contributed by atoms with van der Waals surface area (Å²) in [6.07, 6.45) is 5.38. The summed E-state index contributed by atoms with van der Waals surface area (Å²) in [4.78, 5) is 18.3. The van der Waals surface area contributed by atoms with E-state index in [4.69, 9.17) is 0 Å². The third kappa shape index (κ3) is 4.06. The molecule has 6 nitrogen and oxygen atoms in total. The Morgan fingerprint density at radius 2 is 1.68 bits per heavy atom. The number of anilines is 1. The van der Waals surface area contributed by atoms with E-state index in [0.717, 1.165) is 24.3 Å². The summed E-state index contributed by atoms with van der Waals surface area (Å²) < 4.78 is 0. The second-order valence-corrected chi connectivity index (χ2v) is 7.23. The highest BCUT2D eigenvalue weighted by atomic mass is 16.2. The Labute approximate surface area is 165 Å². The van der Waals surface area contributed by atoms with E-state index >= 15 is 0 Å². The Hall–Kier alpha value is -3.15. The fourth-order valence-electron chi connectivity index (χ4n) is 3.55. The Kier molecular flexibility index (Phi) is 5.37. The van der Waals surface area contributed by atoms with Crippen molar-refractivity contribution < 1.29 is 4.79 Å². The maximum atomic E-state index is 12.7. The molecule has 0 saturated carbocycles. The van der Waals surface area contributed by atoms with Crippen LogP contribution in [0.15, 0.2) is 60.8 Å². The van der Waals surface area contributed by atoms with Gasteiger partial charge in [0, 0.05) is 32.4 Å². The van der Waals surface area contributed by atoms with Gasteiger partial charge >= 0.3 is 0 Å². The molecule has 0 radical (unpaired) electrons. The smallest absolute Gasteiger partial charge is 0.276 e. The molecule has 4 rings (SSSR count). The Balaban J connectivity index is 1.40. The number of amides is 1. The van der Waals surface area contributed by atoms with Crippen LogP contribution in [0.5, 0.6) is 0 Å². The normalized spacial score (nSPS) is 14.1. The minimum absolute atomic E-state index is 0.137. The Morgan fingerprint density at radius 1 is 0.964 bits per heavy atom. The van der Waals surface area contributed by atoms with Gasteiger partial charge in [-0.15, -0.1) is 5.10 Å². The quantitative estimate of drug-likeness (QED) is 0.685. The van der Waals surface area contributed by atoms with Crippen LogP contribution in [-0.4, -0.2) is 45.9 Å². The first-order valence-corrected chi connectivity index (χ1v) is 9.78. The third-order valence-electron chi connectivity index (χ3n) is 5.12. The average Bonchev–Trinajstić information content (AvgIpc) is 3.25. The van der Waals surface area contributed by atoms with Crippen LogP contribution >= 0.6 is 0 Å². The lowest BCUT2D eigenvalue weighted by molar-refractivity contribution is 0.0779. The van der Waals surface area contributed by atoms with Gasteiger partial charge in [-0.05, 0) is 49.1 Å². The first-order chi connectivity index (χ1) is 13.7. The molecule has 1 aromatic heterocycles. The summed E-state index contributed by atoms with van der Waals surface area (Å²) in [7, 11) is 1.79. The van der Waals surface area contributed by atoms with E-state index in [2.05, 4.69) is 39.4 Å². The van der Waals surface area contributed by atoms with Gasteiger partial charge in [-0.2, -0.15) is 9.90 Å². The van der Waals surface area contributed by atoms with Gasteiger partial charge in [0.25, 0.3) is 5.91 Å². The maximum absolute atomic E-state index is 12.7. The molecule has 28 heavy (non-hydrogen) atoms. The second kappa shape index (κ2) is 8.25. The van der Waals surface area contributed by atoms with Crippen molar-refractivity contribution in [3.63, 3.8) is 0 Å². The van der Waals surface area contributed by atoms with Crippen molar-refractivity contribution in [1.82, 2.24) is 19.9 Å². The molecule has 0 N–H and O–H groups in total.